The molecule has 0 N–H and O–H groups in total. The Morgan fingerprint density at radius 2 is 1.39 bits per heavy atom. The fourth-order valence-electron chi connectivity index (χ4n) is 3.54. The van der Waals surface area contributed by atoms with Gasteiger partial charge >= 0.3 is 0 Å². The van der Waals surface area contributed by atoms with Gasteiger partial charge in [0.25, 0.3) is 27.7 Å². The predicted octanol–water partition coefficient (Wildman–Crippen LogP) is 3.10. The molecule has 9 heteroatoms. The molecule has 0 spiro atoms. The zero-order valence-electron chi connectivity index (χ0n) is 17.7. The maximum Gasteiger partial charge on any atom is 0.270 e. The molecule has 1 heterocycles. The van der Waals surface area contributed by atoms with Gasteiger partial charge in [-0.15, -0.1) is 0 Å². The lowest BCUT2D eigenvalue weighted by molar-refractivity contribution is -0.117. The molecule has 8 nitrogen and oxygen atoms in total. The van der Waals surface area contributed by atoms with E-state index in [1.165, 1.54) is 48.5 Å². The molecule has 0 aromatic heterocycles. The lowest BCUT2D eigenvalue weighted by atomic mass is 10.1. The van der Waals surface area contributed by atoms with E-state index in [1.54, 1.807) is 30.3 Å². The van der Waals surface area contributed by atoms with Crippen molar-refractivity contribution in [1.29, 1.82) is 0 Å². The zero-order valence-corrected chi connectivity index (χ0v) is 18.5. The van der Waals surface area contributed by atoms with Crippen LogP contribution in [0.1, 0.15) is 27.6 Å². The van der Waals surface area contributed by atoms with Crippen LogP contribution in [-0.2, 0) is 14.8 Å². The number of imide groups is 1. The van der Waals surface area contributed by atoms with Crippen LogP contribution >= 0.6 is 0 Å². The summed E-state index contributed by atoms with van der Waals surface area (Å²) in [5.74, 6) is -1.73. The second-order valence-electron chi connectivity index (χ2n) is 7.15. The Labute approximate surface area is 191 Å². The Balaban J connectivity index is 1.71. The third-order valence-corrected chi connectivity index (χ3v) is 6.82. The van der Waals surface area contributed by atoms with Crippen molar-refractivity contribution in [3.05, 3.63) is 90.0 Å². The van der Waals surface area contributed by atoms with Gasteiger partial charge in [0.15, 0.2) is 0 Å². The number of hydrogen-bond acceptors (Lipinski definition) is 6. The molecule has 1 aliphatic rings. The molecule has 3 aromatic rings. The first-order valence-electron chi connectivity index (χ1n) is 10.2. The van der Waals surface area contributed by atoms with Crippen LogP contribution in [0.2, 0.25) is 0 Å². The molecule has 168 valence electrons. The second kappa shape index (κ2) is 8.87. The Hall–Kier alpha value is -3.98. The highest BCUT2D eigenvalue weighted by Gasteiger charge is 2.39. The van der Waals surface area contributed by atoms with E-state index in [4.69, 9.17) is 4.74 Å². The van der Waals surface area contributed by atoms with Crippen molar-refractivity contribution >= 4 is 33.4 Å². The van der Waals surface area contributed by atoms with Crippen LogP contribution < -0.4 is 9.04 Å². The minimum atomic E-state index is -4.33. The molecule has 4 rings (SSSR count). The van der Waals surface area contributed by atoms with Crippen molar-refractivity contribution in [2.24, 2.45) is 0 Å². The van der Waals surface area contributed by atoms with Gasteiger partial charge in [-0.05, 0) is 55.5 Å². The molecular formula is C24H20N2O6S. The van der Waals surface area contributed by atoms with Crippen LogP contribution in [0, 0.1) is 0 Å². The van der Waals surface area contributed by atoms with Crippen LogP contribution in [0.4, 0.5) is 5.69 Å². The number of nitrogens with zero attached hydrogens (tertiary/aromatic N) is 2. The molecule has 0 fully saturated rings. The average Bonchev–Trinajstić information content (AvgIpc) is 3.06. The lowest BCUT2D eigenvalue weighted by Gasteiger charge is -2.25. The van der Waals surface area contributed by atoms with E-state index in [0.29, 0.717) is 16.7 Å². The zero-order chi connectivity index (χ0) is 23.6. The smallest absolute Gasteiger partial charge is 0.270 e. The van der Waals surface area contributed by atoms with E-state index >= 15 is 0 Å². The van der Waals surface area contributed by atoms with Gasteiger partial charge in [0.2, 0.25) is 0 Å². The Morgan fingerprint density at radius 1 is 0.848 bits per heavy atom. The monoisotopic (exact) mass is 464 g/mol. The van der Waals surface area contributed by atoms with E-state index in [-0.39, 0.29) is 21.7 Å². The third-order valence-electron chi connectivity index (χ3n) is 5.06. The molecule has 0 atom stereocenters. The van der Waals surface area contributed by atoms with Gasteiger partial charge in [-0.1, -0.05) is 30.3 Å². The molecule has 1 aliphatic heterocycles. The van der Waals surface area contributed by atoms with Gasteiger partial charge in [0.1, 0.15) is 12.3 Å². The number of amides is 3. The third kappa shape index (κ3) is 4.10. The summed E-state index contributed by atoms with van der Waals surface area (Å²) in [4.78, 5) is 39.4. The molecule has 3 amide bonds. The standard InChI is InChI=1S/C24H20N2O6S/c1-2-32-18-14-12-17(13-15-18)26(33(30,31)19-8-4-3-5-9-19)22(27)16-25-23(28)20-10-6-7-11-21(20)24(25)29/h3-15H,2,16H2,1H3. The van der Waals surface area contributed by atoms with Crippen molar-refractivity contribution in [2.45, 2.75) is 11.8 Å². The summed E-state index contributed by atoms with van der Waals surface area (Å²) in [5, 5.41) is 0. The van der Waals surface area contributed by atoms with Gasteiger partial charge in [-0.3, -0.25) is 19.3 Å². The highest BCUT2D eigenvalue weighted by molar-refractivity contribution is 7.93. The Bertz CT molecular complexity index is 1290. The molecule has 0 bridgehead atoms. The molecule has 0 saturated heterocycles. The topological polar surface area (TPSA) is 101 Å². The minimum absolute atomic E-state index is 0.0592. The fraction of sp³-hybridized carbons (Fsp3) is 0.125. The maximum atomic E-state index is 13.4. The average molecular weight is 464 g/mol. The maximum absolute atomic E-state index is 13.4. The van der Waals surface area contributed by atoms with Gasteiger partial charge in [-0.2, -0.15) is 0 Å². The predicted molar refractivity (Wildman–Crippen MR) is 121 cm³/mol. The minimum Gasteiger partial charge on any atom is -0.494 e. The van der Waals surface area contributed by atoms with E-state index in [0.717, 1.165) is 4.90 Å². The molecule has 0 saturated carbocycles. The van der Waals surface area contributed by atoms with Crippen molar-refractivity contribution in [3.8, 4) is 5.75 Å². The van der Waals surface area contributed by atoms with Gasteiger partial charge in [-0.25, -0.2) is 12.7 Å². The van der Waals surface area contributed by atoms with E-state index < -0.39 is 34.3 Å². The number of ether oxygens (including phenoxy) is 1. The first kappa shape index (κ1) is 22.2. The highest BCUT2D eigenvalue weighted by Crippen LogP contribution is 2.28. The molecule has 3 aromatic carbocycles. The molecular weight excluding hydrogens is 444 g/mol. The molecule has 0 unspecified atom stereocenters. The fourth-order valence-corrected chi connectivity index (χ4v) is 4.98. The summed E-state index contributed by atoms with van der Waals surface area (Å²) < 4.78 is 32.9. The molecule has 0 radical (unpaired) electrons. The quantitative estimate of drug-likeness (QED) is 0.498. The number of carbonyl (C=O) groups excluding carboxylic acids is 3. The summed E-state index contributed by atoms with van der Waals surface area (Å²) >= 11 is 0. The van der Waals surface area contributed by atoms with Crippen molar-refractivity contribution < 1.29 is 27.5 Å². The lowest BCUT2D eigenvalue weighted by Crippen LogP contribution is -2.45. The number of fused-ring (bicyclic) bond motifs is 1. The molecule has 33 heavy (non-hydrogen) atoms. The summed E-state index contributed by atoms with van der Waals surface area (Å²) in [6.45, 7) is 1.50. The second-order valence-corrected chi connectivity index (χ2v) is 8.93. The number of rotatable bonds is 7. The summed E-state index contributed by atoms with van der Waals surface area (Å²) in [6.07, 6.45) is 0. The van der Waals surface area contributed by atoms with Gasteiger partial charge in [0, 0.05) is 0 Å². The highest BCUT2D eigenvalue weighted by atomic mass is 32.2. The summed E-state index contributed by atoms with van der Waals surface area (Å²) in [7, 11) is -4.33. The van der Waals surface area contributed by atoms with E-state index in [1.807, 2.05) is 6.92 Å². The summed E-state index contributed by atoms with van der Waals surface area (Å²) in [6, 6.07) is 19.6. The van der Waals surface area contributed by atoms with E-state index in [9.17, 15) is 22.8 Å². The van der Waals surface area contributed by atoms with Crippen LogP contribution in [-0.4, -0.2) is 44.2 Å². The number of hydrogen-bond donors (Lipinski definition) is 0. The van der Waals surface area contributed by atoms with Crippen molar-refractivity contribution in [2.75, 3.05) is 17.5 Å². The first-order valence-corrected chi connectivity index (χ1v) is 11.6. The number of sulfonamides is 1. The van der Waals surface area contributed by atoms with E-state index in [2.05, 4.69) is 0 Å². The van der Waals surface area contributed by atoms with Crippen LogP contribution in [0.15, 0.2) is 83.8 Å². The first-order chi connectivity index (χ1) is 15.8. The van der Waals surface area contributed by atoms with Gasteiger partial charge in [0.05, 0.1) is 28.3 Å². The molecule has 0 aliphatic carbocycles. The number of anilines is 1. The summed E-state index contributed by atoms with van der Waals surface area (Å²) in [5.41, 5.74) is 0.409. The SMILES string of the molecule is CCOc1ccc(N(C(=O)CN2C(=O)c3ccccc3C2=O)S(=O)(=O)c2ccccc2)cc1. The van der Waals surface area contributed by atoms with Crippen LogP contribution in [0.5, 0.6) is 5.75 Å². The number of carbonyl (C=O) groups is 3. The van der Waals surface area contributed by atoms with Crippen LogP contribution in [0.3, 0.4) is 0 Å². The van der Waals surface area contributed by atoms with Gasteiger partial charge < -0.3 is 4.74 Å². The Morgan fingerprint density at radius 3 is 1.94 bits per heavy atom. The van der Waals surface area contributed by atoms with Crippen molar-refractivity contribution in [3.63, 3.8) is 0 Å². The Kier molecular flexibility index (Phi) is 5.97. The number of benzene rings is 3. The normalized spacial score (nSPS) is 13.1. The largest absolute Gasteiger partial charge is 0.494 e. The van der Waals surface area contributed by atoms with Crippen molar-refractivity contribution in [1.82, 2.24) is 4.90 Å². The van der Waals surface area contributed by atoms with Crippen LogP contribution in [0.25, 0.3) is 0 Å².